The van der Waals surface area contributed by atoms with E-state index in [1.807, 2.05) is 19.2 Å². The van der Waals surface area contributed by atoms with Crippen LogP contribution in [0.25, 0.3) is 0 Å². The van der Waals surface area contributed by atoms with E-state index >= 15 is 0 Å². The van der Waals surface area contributed by atoms with Gasteiger partial charge in [0, 0.05) is 24.4 Å². The molecular weight excluding hydrogens is 246 g/mol. The Morgan fingerprint density at radius 1 is 1.47 bits per heavy atom. The highest BCUT2D eigenvalue weighted by Gasteiger charge is 2.34. The molecule has 2 rings (SSSR count). The second-order valence-electron chi connectivity index (χ2n) is 5.18. The molecule has 1 heterocycles. The van der Waals surface area contributed by atoms with Crippen molar-refractivity contribution in [3.8, 4) is 0 Å². The molecule has 6 heteroatoms. The molecule has 19 heavy (non-hydrogen) atoms. The number of carboxylic acids is 1. The molecule has 3 atom stereocenters. The highest BCUT2D eigenvalue weighted by atomic mass is 16.4. The first-order valence-corrected chi connectivity index (χ1v) is 6.57. The number of carboxylic acid groups (broad SMARTS) is 1. The molecule has 0 aromatic carbocycles. The second-order valence-corrected chi connectivity index (χ2v) is 5.18. The van der Waals surface area contributed by atoms with Gasteiger partial charge in [0.1, 0.15) is 0 Å². The number of rotatable bonds is 5. The lowest BCUT2D eigenvalue weighted by atomic mass is 10.0. The number of aliphatic carboxylic acids is 1. The van der Waals surface area contributed by atoms with E-state index in [4.69, 9.17) is 5.11 Å². The van der Waals surface area contributed by atoms with Crippen LogP contribution in [-0.2, 0) is 16.1 Å². The average molecular weight is 265 g/mol. The van der Waals surface area contributed by atoms with Crippen LogP contribution in [0.2, 0.25) is 0 Å². The van der Waals surface area contributed by atoms with Crippen LogP contribution in [0.15, 0.2) is 18.5 Å². The maximum Gasteiger partial charge on any atom is 0.306 e. The van der Waals surface area contributed by atoms with Crippen LogP contribution in [0.1, 0.15) is 26.2 Å². The quantitative estimate of drug-likeness (QED) is 0.828. The van der Waals surface area contributed by atoms with Crippen molar-refractivity contribution < 1.29 is 14.7 Å². The summed E-state index contributed by atoms with van der Waals surface area (Å²) in [4.78, 5) is 22.9. The summed E-state index contributed by atoms with van der Waals surface area (Å²) in [6.45, 7) is 2.54. The van der Waals surface area contributed by atoms with E-state index in [0.29, 0.717) is 25.8 Å². The molecule has 1 amide bonds. The summed E-state index contributed by atoms with van der Waals surface area (Å²) in [5, 5.41) is 15.9. The summed E-state index contributed by atoms with van der Waals surface area (Å²) < 4.78 is 1.76. The fourth-order valence-corrected chi connectivity index (χ4v) is 2.54. The first-order chi connectivity index (χ1) is 9.06. The molecule has 1 unspecified atom stereocenters. The molecule has 0 saturated heterocycles. The molecule has 0 radical (unpaired) electrons. The van der Waals surface area contributed by atoms with Gasteiger partial charge in [-0.1, -0.05) is 0 Å². The zero-order valence-corrected chi connectivity index (χ0v) is 11.0. The Kier molecular flexibility index (Phi) is 4.19. The predicted molar refractivity (Wildman–Crippen MR) is 68.3 cm³/mol. The van der Waals surface area contributed by atoms with Crippen LogP contribution < -0.4 is 5.32 Å². The number of carbonyl (C=O) groups excluding carboxylic acids is 1. The molecule has 1 saturated carbocycles. The number of nitrogens with zero attached hydrogens (tertiary/aromatic N) is 2. The second kappa shape index (κ2) is 5.86. The zero-order chi connectivity index (χ0) is 13.8. The van der Waals surface area contributed by atoms with Crippen LogP contribution in [0.4, 0.5) is 0 Å². The first kappa shape index (κ1) is 13.6. The largest absolute Gasteiger partial charge is 0.481 e. The van der Waals surface area contributed by atoms with Crippen molar-refractivity contribution in [3.05, 3.63) is 18.5 Å². The number of carbonyl (C=O) groups is 2. The minimum atomic E-state index is -0.792. The fraction of sp³-hybridized carbons (Fsp3) is 0.615. The molecule has 104 valence electrons. The summed E-state index contributed by atoms with van der Waals surface area (Å²) in [7, 11) is 0. The minimum absolute atomic E-state index is 0.0173. The van der Waals surface area contributed by atoms with Crippen LogP contribution in [-0.4, -0.2) is 32.8 Å². The smallest absolute Gasteiger partial charge is 0.306 e. The number of hydrogen-bond donors (Lipinski definition) is 2. The highest BCUT2D eigenvalue weighted by Crippen LogP contribution is 2.31. The molecule has 0 aliphatic heterocycles. The van der Waals surface area contributed by atoms with Gasteiger partial charge < -0.3 is 10.4 Å². The third-order valence-electron chi connectivity index (χ3n) is 3.56. The summed E-state index contributed by atoms with van der Waals surface area (Å²) in [5.74, 6) is -1.36. The van der Waals surface area contributed by atoms with Gasteiger partial charge >= 0.3 is 5.97 Å². The molecule has 2 N–H and O–H groups in total. The van der Waals surface area contributed by atoms with E-state index in [1.54, 1.807) is 10.9 Å². The van der Waals surface area contributed by atoms with Gasteiger partial charge in [-0.2, -0.15) is 5.10 Å². The highest BCUT2D eigenvalue weighted by molar-refractivity contribution is 5.81. The standard InChI is InChI=1S/C13H19N3O3/c1-9(8-16-6-2-5-14-16)15-12(17)10-3-4-11(7-10)13(18)19/h2,5-6,9-11H,3-4,7-8H2,1H3,(H,15,17)(H,18,19)/t9?,10-,11+/m1/s1. The molecule has 0 bridgehead atoms. The molecular formula is C13H19N3O3. The molecule has 1 aliphatic rings. The van der Waals surface area contributed by atoms with E-state index in [-0.39, 0.29) is 23.8 Å². The number of hydrogen-bond acceptors (Lipinski definition) is 3. The number of nitrogens with one attached hydrogen (secondary N) is 1. The van der Waals surface area contributed by atoms with E-state index in [1.165, 1.54) is 0 Å². The van der Waals surface area contributed by atoms with Crippen LogP contribution in [0, 0.1) is 11.8 Å². The molecule has 1 aromatic heterocycles. The van der Waals surface area contributed by atoms with Gasteiger partial charge in [0.15, 0.2) is 0 Å². The lowest BCUT2D eigenvalue weighted by Crippen LogP contribution is -2.39. The Morgan fingerprint density at radius 2 is 2.21 bits per heavy atom. The average Bonchev–Trinajstić information content (AvgIpc) is 2.98. The van der Waals surface area contributed by atoms with Gasteiger partial charge in [-0.25, -0.2) is 0 Å². The van der Waals surface area contributed by atoms with Gasteiger partial charge in [-0.15, -0.1) is 0 Å². The van der Waals surface area contributed by atoms with Crippen LogP contribution in [0.3, 0.4) is 0 Å². The van der Waals surface area contributed by atoms with Crippen molar-refractivity contribution in [2.75, 3.05) is 0 Å². The molecule has 6 nitrogen and oxygen atoms in total. The topological polar surface area (TPSA) is 84.2 Å². The van der Waals surface area contributed by atoms with Crippen molar-refractivity contribution >= 4 is 11.9 Å². The summed E-state index contributed by atoms with van der Waals surface area (Å²) in [6.07, 6.45) is 5.26. The van der Waals surface area contributed by atoms with Gasteiger partial charge in [-0.3, -0.25) is 14.3 Å². The van der Waals surface area contributed by atoms with Crippen molar-refractivity contribution in [2.45, 2.75) is 38.8 Å². The van der Waals surface area contributed by atoms with E-state index in [0.717, 1.165) is 0 Å². The van der Waals surface area contributed by atoms with E-state index in [9.17, 15) is 9.59 Å². The van der Waals surface area contributed by atoms with Gasteiger partial charge in [0.05, 0.1) is 12.5 Å². The number of amides is 1. The Hall–Kier alpha value is -1.85. The number of aromatic nitrogens is 2. The molecule has 1 aromatic rings. The molecule has 1 fully saturated rings. The summed E-state index contributed by atoms with van der Waals surface area (Å²) in [6, 6.07) is 1.82. The Morgan fingerprint density at radius 3 is 2.79 bits per heavy atom. The van der Waals surface area contributed by atoms with Crippen LogP contribution in [0.5, 0.6) is 0 Å². The summed E-state index contributed by atoms with van der Waals surface area (Å²) >= 11 is 0. The third kappa shape index (κ3) is 3.56. The maximum absolute atomic E-state index is 12.0. The normalized spacial score (nSPS) is 24.1. The van der Waals surface area contributed by atoms with Gasteiger partial charge in [-0.05, 0) is 32.3 Å². The van der Waals surface area contributed by atoms with Crippen molar-refractivity contribution in [3.63, 3.8) is 0 Å². The van der Waals surface area contributed by atoms with Gasteiger partial charge in [0.2, 0.25) is 5.91 Å². The molecule has 0 spiro atoms. The lowest BCUT2D eigenvalue weighted by Gasteiger charge is -2.17. The Balaban J connectivity index is 1.79. The fourth-order valence-electron chi connectivity index (χ4n) is 2.54. The van der Waals surface area contributed by atoms with Crippen molar-refractivity contribution in [1.29, 1.82) is 0 Å². The first-order valence-electron chi connectivity index (χ1n) is 6.57. The predicted octanol–water partition coefficient (Wildman–Crippen LogP) is 0.889. The third-order valence-corrected chi connectivity index (χ3v) is 3.56. The Labute approximate surface area is 111 Å². The summed E-state index contributed by atoms with van der Waals surface area (Å²) in [5.41, 5.74) is 0. The van der Waals surface area contributed by atoms with E-state index in [2.05, 4.69) is 10.4 Å². The van der Waals surface area contributed by atoms with Crippen molar-refractivity contribution in [1.82, 2.24) is 15.1 Å². The van der Waals surface area contributed by atoms with Crippen LogP contribution >= 0.6 is 0 Å². The monoisotopic (exact) mass is 265 g/mol. The minimum Gasteiger partial charge on any atom is -0.481 e. The zero-order valence-electron chi connectivity index (χ0n) is 11.0. The molecule has 1 aliphatic carbocycles. The lowest BCUT2D eigenvalue weighted by molar-refractivity contribution is -0.141. The maximum atomic E-state index is 12.0. The van der Waals surface area contributed by atoms with Gasteiger partial charge in [0.25, 0.3) is 0 Å². The van der Waals surface area contributed by atoms with E-state index < -0.39 is 5.97 Å². The van der Waals surface area contributed by atoms with Crippen molar-refractivity contribution in [2.24, 2.45) is 11.8 Å². The Bertz CT molecular complexity index is 444. The SMILES string of the molecule is CC(Cn1cccn1)NC(=O)[C@@H]1CC[C@H](C(=O)O)C1.